The molecule has 3 aromatic carbocycles. The molecule has 2 aliphatic rings. The highest BCUT2D eigenvalue weighted by molar-refractivity contribution is 5.91. The molecule has 4 amide bonds. The number of imidazole rings is 2. The summed E-state index contributed by atoms with van der Waals surface area (Å²) in [5.74, 6) is 0.774. The Morgan fingerprint density at radius 1 is 0.742 bits per heavy atom. The van der Waals surface area contributed by atoms with Gasteiger partial charge in [-0.2, -0.15) is 0 Å². The van der Waals surface area contributed by atoms with E-state index < -0.39 is 30.3 Å². The molecule has 15 nitrogen and oxygen atoms in total. The van der Waals surface area contributed by atoms with Crippen molar-refractivity contribution in [2.45, 2.75) is 57.3 Å². The average molecular weight is 836 g/mol. The summed E-state index contributed by atoms with van der Waals surface area (Å²) < 4.78 is 9.59. The zero-order valence-corrected chi connectivity index (χ0v) is 35.1. The van der Waals surface area contributed by atoms with Gasteiger partial charge in [-0.15, -0.1) is 0 Å². The number of alkyl carbamates (subject to hydrolysis) is 2. The highest BCUT2D eigenvalue weighted by atomic mass is 16.5. The van der Waals surface area contributed by atoms with Crippen molar-refractivity contribution in [2.24, 2.45) is 5.92 Å². The number of aromatic nitrogens is 5. The lowest BCUT2D eigenvalue weighted by Crippen LogP contribution is -2.51. The highest BCUT2D eigenvalue weighted by Crippen LogP contribution is 2.37. The number of fused-ring (bicyclic) bond motifs is 1. The fraction of sp³-hybridized carbons (Fsp3) is 0.298. The minimum Gasteiger partial charge on any atom is -0.453 e. The van der Waals surface area contributed by atoms with Crippen LogP contribution in [0.4, 0.5) is 9.59 Å². The fourth-order valence-corrected chi connectivity index (χ4v) is 8.39. The number of aromatic amines is 2. The maximum absolute atomic E-state index is 14.0. The van der Waals surface area contributed by atoms with Gasteiger partial charge in [-0.25, -0.2) is 19.6 Å². The number of likely N-dealkylation sites (tertiary alicyclic amines) is 2. The number of nitrogens with zero attached hydrogens (tertiary/aromatic N) is 5. The van der Waals surface area contributed by atoms with E-state index in [1.807, 2.05) is 37.1 Å². The van der Waals surface area contributed by atoms with Crippen molar-refractivity contribution in [1.29, 1.82) is 0 Å². The molecule has 2 fully saturated rings. The second-order valence-electron chi connectivity index (χ2n) is 16.1. The molecule has 6 aromatic rings. The first kappa shape index (κ1) is 41.4. The summed E-state index contributed by atoms with van der Waals surface area (Å²) >= 11 is 0. The molecule has 0 spiro atoms. The summed E-state index contributed by atoms with van der Waals surface area (Å²) in [6.45, 7) is 8.88. The van der Waals surface area contributed by atoms with Gasteiger partial charge >= 0.3 is 12.2 Å². The van der Waals surface area contributed by atoms with Crippen molar-refractivity contribution < 1.29 is 28.7 Å². The minimum absolute atomic E-state index is 0.112. The zero-order chi connectivity index (χ0) is 43.5. The third-order valence-corrected chi connectivity index (χ3v) is 11.7. The fourth-order valence-electron chi connectivity index (χ4n) is 8.39. The van der Waals surface area contributed by atoms with Gasteiger partial charge in [-0.05, 0) is 70.8 Å². The number of carbonyl (C=O) groups excluding carboxylic acids is 4. The van der Waals surface area contributed by atoms with Crippen molar-refractivity contribution in [3.8, 4) is 33.6 Å². The van der Waals surface area contributed by atoms with E-state index in [9.17, 15) is 19.2 Å². The van der Waals surface area contributed by atoms with Crippen molar-refractivity contribution in [2.75, 3.05) is 27.3 Å². The maximum atomic E-state index is 14.0. The largest absolute Gasteiger partial charge is 0.453 e. The number of H-pyrrole nitrogens is 2. The van der Waals surface area contributed by atoms with Crippen LogP contribution in [0.15, 0.2) is 110 Å². The van der Waals surface area contributed by atoms with Crippen LogP contribution in [-0.4, -0.2) is 92.1 Å². The predicted molar refractivity (Wildman–Crippen MR) is 233 cm³/mol. The molecule has 62 heavy (non-hydrogen) atoms. The molecule has 8 rings (SSSR count). The van der Waals surface area contributed by atoms with Crippen LogP contribution in [0.1, 0.15) is 68.4 Å². The van der Waals surface area contributed by atoms with Crippen molar-refractivity contribution in [3.05, 3.63) is 127 Å². The van der Waals surface area contributed by atoms with E-state index in [1.54, 1.807) is 35.6 Å². The van der Waals surface area contributed by atoms with Gasteiger partial charge in [0.15, 0.2) is 0 Å². The third kappa shape index (κ3) is 8.51. The summed E-state index contributed by atoms with van der Waals surface area (Å²) in [4.78, 5) is 75.8. The number of methoxy groups -OCH3 is 2. The van der Waals surface area contributed by atoms with E-state index in [0.29, 0.717) is 30.9 Å². The Balaban J connectivity index is 0.952. The normalized spacial score (nSPS) is 17.3. The summed E-state index contributed by atoms with van der Waals surface area (Å²) in [6, 6.07) is 22.1. The van der Waals surface area contributed by atoms with E-state index in [0.717, 1.165) is 68.7 Å². The van der Waals surface area contributed by atoms with Gasteiger partial charge in [0, 0.05) is 36.6 Å². The van der Waals surface area contributed by atoms with Crippen molar-refractivity contribution >= 4 is 34.8 Å². The minimum atomic E-state index is -0.996. The van der Waals surface area contributed by atoms with E-state index in [2.05, 4.69) is 80.7 Å². The van der Waals surface area contributed by atoms with Gasteiger partial charge in [0.2, 0.25) is 5.91 Å². The van der Waals surface area contributed by atoms with Crippen LogP contribution in [0.3, 0.4) is 0 Å². The van der Waals surface area contributed by atoms with Crippen LogP contribution in [0, 0.1) is 5.92 Å². The highest BCUT2D eigenvalue weighted by Gasteiger charge is 2.39. The lowest BCUT2D eigenvalue weighted by atomic mass is 9.98. The lowest BCUT2D eigenvalue weighted by molar-refractivity contribution is -0.135. The van der Waals surface area contributed by atoms with Gasteiger partial charge < -0.3 is 39.9 Å². The number of carbonyl (C=O) groups is 4. The topological polar surface area (TPSA) is 188 Å². The average Bonchev–Trinajstić information content (AvgIpc) is 4.14. The van der Waals surface area contributed by atoms with Crippen molar-refractivity contribution in [1.82, 2.24) is 45.4 Å². The van der Waals surface area contributed by atoms with Gasteiger partial charge in [0.25, 0.3) is 5.91 Å². The number of ether oxygens (including phenoxy) is 2. The van der Waals surface area contributed by atoms with Gasteiger partial charge in [-0.1, -0.05) is 80.6 Å². The van der Waals surface area contributed by atoms with E-state index >= 15 is 0 Å². The predicted octanol–water partition coefficient (Wildman–Crippen LogP) is 7.65. The second-order valence-corrected chi connectivity index (χ2v) is 16.1. The van der Waals surface area contributed by atoms with Crippen LogP contribution in [-0.2, 0) is 19.1 Å². The molecule has 318 valence electrons. The molecule has 2 aliphatic heterocycles. The molecule has 0 radical (unpaired) electrons. The number of amides is 4. The van der Waals surface area contributed by atoms with Crippen LogP contribution < -0.4 is 10.6 Å². The Hall–Kier alpha value is -7.29. The smallest absolute Gasteiger partial charge is 0.407 e. The summed E-state index contributed by atoms with van der Waals surface area (Å²) in [7, 11) is 2.54. The van der Waals surface area contributed by atoms with Gasteiger partial charge in [-0.3, -0.25) is 14.6 Å². The molecule has 4 unspecified atom stereocenters. The third-order valence-electron chi connectivity index (χ3n) is 11.7. The van der Waals surface area contributed by atoms with Gasteiger partial charge in [0.1, 0.15) is 23.7 Å². The second kappa shape index (κ2) is 17.7. The first-order chi connectivity index (χ1) is 30.0. The maximum Gasteiger partial charge on any atom is 0.407 e. The summed E-state index contributed by atoms with van der Waals surface area (Å²) in [5, 5.41) is 7.52. The molecule has 2 saturated heterocycles. The lowest BCUT2D eigenvalue weighted by Gasteiger charge is -2.30. The molecule has 3 aromatic heterocycles. The monoisotopic (exact) mass is 835 g/mol. The SMILES string of the molecule is C=C1CC(c2ncc(-c3ccc(-c4ccc5cc(-c6cnc(C7CCCN7C(=O)C(NC(=O)OC)C(C)C)[nH]6)ccc5c4)cc3)[nH]2)N(C(=O)C(NC(=O)OC)c2cccnc2)C1. The van der Waals surface area contributed by atoms with Crippen LogP contribution in [0.2, 0.25) is 0 Å². The summed E-state index contributed by atoms with van der Waals surface area (Å²) in [6.07, 6.45) is 7.53. The van der Waals surface area contributed by atoms with E-state index in [1.165, 1.54) is 14.2 Å². The molecule has 4 N–H and O–H groups in total. The quantitative estimate of drug-likeness (QED) is 0.0951. The Morgan fingerprint density at radius 2 is 1.35 bits per heavy atom. The first-order valence-electron chi connectivity index (χ1n) is 20.6. The molecular formula is C47H49N9O6. The molecule has 0 saturated carbocycles. The standard InChI is InChI=1S/C47H49N9O6/c1-27(2)40(53-46(59)61-4)44(57)55-19-7-9-38(55)42-49-25-37(52-42)34-17-16-32-21-31(14-15-33(32)22-34)29-10-12-30(13-11-29)36-24-50-43(51-36)39-20-28(3)26-56(39)45(58)41(54-47(60)62-5)35-8-6-18-48-23-35/h6,8,10-18,21-25,27,38-41H,3,7,9,19-20,26H2,1-2,4-5H3,(H,49,52)(H,50,51)(H,53,59)(H,54,60). The molecule has 0 aliphatic carbocycles. The van der Waals surface area contributed by atoms with Gasteiger partial charge in [0.05, 0.1) is 50.1 Å². The number of nitrogens with one attached hydrogen (secondary N) is 4. The molecule has 5 heterocycles. The number of benzene rings is 3. The zero-order valence-electron chi connectivity index (χ0n) is 35.1. The Bertz CT molecular complexity index is 2620. The van der Waals surface area contributed by atoms with Crippen LogP contribution in [0.5, 0.6) is 0 Å². The van der Waals surface area contributed by atoms with E-state index in [4.69, 9.17) is 19.4 Å². The molecule has 4 atom stereocenters. The molecule has 15 heteroatoms. The Labute approximate surface area is 359 Å². The number of hydrogen-bond acceptors (Lipinski definition) is 9. The number of pyridine rings is 1. The van der Waals surface area contributed by atoms with Crippen LogP contribution in [0.25, 0.3) is 44.4 Å². The molecule has 0 bridgehead atoms. The Kier molecular flexibility index (Phi) is 11.9. The van der Waals surface area contributed by atoms with Crippen LogP contribution >= 0.6 is 0 Å². The first-order valence-corrected chi connectivity index (χ1v) is 20.6. The Morgan fingerprint density at radius 3 is 2.02 bits per heavy atom. The number of rotatable bonds is 11. The summed E-state index contributed by atoms with van der Waals surface area (Å²) in [5.41, 5.74) is 7.13. The molecular weight excluding hydrogens is 787 g/mol. The number of hydrogen-bond donors (Lipinski definition) is 4. The van der Waals surface area contributed by atoms with E-state index in [-0.39, 0.29) is 23.8 Å². The van der Waals surface area contributed by atoms with Crippen molar-refractivity contribution in [3.63, 3.8) is 0 Å².